The van der Waals surface area contributed by atoms with Gasteiger partial charge in [-0.05, 0) is 80.4 Å². The minimum absolute atomic E-state index is 0.137. The van der Waals surface area contributed by atoms with Crippen LogP contribution >= 0.6 is 0 Å². The number of ether oxygens (including phenoxy) is 1. The number of anilines is 1. The molecule has 3 aromatic rings. The first kappa shape index (κ1) is 22.7. The Morgan fingerprint density at radius 2 is 1.65 bits per heavy atom. The number of aryl methyl sites for hydroxylation is 2. The molecule has 0 aliphatic carbocycles. The highest BCUT2D eigenvalue weighted by atomic mass is 16.5. The lowest BCUT2D eigenvalue weighted by atomic mass is 10.1. The Morgan fingerprint density at radius 1 is 0.941 bits per heavy atom. The molecule has 1 aliphatic heterocycles. The summed E-state index contributed by atoms with van der Waals surface area (Å²) in [5, 5.41) is 2.25. The molecule has 0 radical (unpaired) electrons. The maximum atomic E-state index is 13.2. The number of nitrogens with zero attached hydrogens (tertiary/aromatic N) is 2. The van der Waals surface area contributed by atoms with E-state index in [9.17, 15) is 19.2 Å². The van der Waals surface area contributed by atoms with Gasteiger partial charge in [0.05, 0.1) is 18.4 Å². The van der Waals surface area contributed by atoms with Crippen LogP contribution in [0.25, 0.3) is 11.8 Å². The zero-order valence-corrected chi connectivity index (χ0v) is 19.2. The zero-order chi connectivity index (χ0) is 24.6. The van der Waals surface area contributed by atoms with Gasteiger partial charge in [-0.15, -0.1) is 0 Å². The summed E-state index contributed by atoms with van der Waals surface area (Å²) in [6, 6.07) is 14.9. The van der Waals surface area contributed by atoms with Crippen molar-refractivity contribution >= 4 is 35.6 Å². The van der Waals surface area contributed by atoms with Crippen LogP contribution in [0.1, 0.15) is 32.9 Å². The molecule has 8 heteroatoms. The van der Waals surface area contributed by atoms with Crippen molar-refractivity contribution in [2.45, 2.75) is 20.8 Å². The molecule has 1 N–H and O–H groups in total. The molecule has 1 aromatic heterocycles. The summed E-state index contributed by atoms with van der Waals surface area (Å²) in [5.41, 5.74) is 4.68. The number of rotatable bonds is 4. The van der Waals surface area contributed by atoms with Gasteiger partial charge in [0.1, 0.15) is 5.57 Å². The van der Waals surface area contributed by atoms with E-state index in [0.29, 0.717) is 16.8 Å². The van der Waals surface area contributed by atoms with Crippen molar-refractivity contribution in [1.82, 2.24) is 9.88 Å². The Balaban J connectivity index is 1.72. The fraction of sp³-hybridized carbons (Fsp3) is 0.154. The van der Waals surface area contributed by atoms with Crippen LogP contribution in [0.5, 0.6) is 0 Å². The number of esters is 1. The molecule has 0 saturated carbocycles. The van der Waals surface area contributed by atoms with Gasteiger partial charge >= 0.3 is 12.0 Å². The fourth-order valence-electron chi connectivity index (χ4n) is 4.01. The van der Waals surface area contributed by atoms with Gasteiger partial charge in [0.15, 0.2) is 0 Å². The normalized spacial score (nSPS) is 15.0. The second-order valence-electron chi connectivity index (χ2n) is 8.00. The van der Waals surface area contributed by atoms with Crippen molar-refractivity contribution in [2.24, 2.45) is 0 Å². The molecule has 2 aromatic carbocycles. The second-order valence-corrected chi connectivity index (χ2v) is 8.00. The van der Waals surface area contributed by atoms with Crippen molar-refractivity contribution in [3.63, 3.8) is 0 Å². The smallest absolute Gasteiger partial charge is 0.337 e. The van der Waals surface area contributed by atoms with Gasteiger partial charge in [-0.1, -0.05) is 12.1 Å². The lowest BCUT2D eigenvalue weighted by molar-refractivity contribution is -0.122. The lowest BCUT2D eigenvalue weighted by Gasteiger charge is -2.26. The van der Waals surface area contributed by atoms with Crippen LogP contribution in [0.15, 0.2) is 60.2 Å². The minimum atomic E-state index is -0.783. The summed E-state index contributed by atoms with van der Waals surface area (Å²) in [6.45, 7) is 5.61. The van der Waals surface area contributed by atoms with E-state index in [4.69, 9.17) is 4.74 Å². The maximum absolute atomic E-state index is 13.2. The van der Waals surface area contributed by atoms with E-state index in [2.05, 4.69) is 5.32 Å². The number of benzene rings is 2. The molecule has 172 valence electrons. The van der Waals surface area contributed by atoms with E-state index in [0.717, 1.165) is 27.5 Å². The second kappa shape index (κ2) is 8.82. The highest BCUT2D eigenvalue weighted by molar-refractivity contribution is 6.39. The van der Waals surface area contributed by atoms with Crippen molar-refractivity contribution in [1.29, 1.82) is 0 Å². The number of carbonyl (C=O) groups is 4. The van der Waals surface area contributed by atoms with Gasteiger partial charge in [-0.25, -0.2) is 14.5 Å². The SMILES string of the molecule is COC(=O)c1ccc(-n2c(C)cc(/C=C3\C(=O)NC(=O)N(c4cccc(C)c4)C3=O)c2C)cc1. The van der Waals surface area contributed by atoms with Crippen molar-refractivity contribution in [3.8, 4) is 5.69 Å². The Bertz CT molecular complexity index is 1370. The van der Waals surface area contributed by atoms with Crippen molar-refractivity contribution in [2.75, 3.05) is 12.0 Å². The third-order valence-electron chi connectivity index (χ3n) is 5.68. The van der Waals surface area contributed by atoms with E-state index in [1.54, 1.807) is 42.5 Å². The molecule has 4 rings (SSSR count). The topological polar surface area (TPSA) is 97.7 Å². The molecular formula is C26H23N3O5. The maximum Gasteiger partial charge on any atom is 0.337 e. The molecule has 34 heavy (non-hydrogen) atoms. The molecule has 1 aliphatic rings. The third-order valence-corrected chi connectivity index (χ3v) is 5.68. The van der Waals surface area contributed by atoms with Gasteiger partial charge in [-0.3, -0.25) is 14.9 Å². The number of carbonyl (C=O) groups excluding carboxylic acids is 4. The average molecular weight is 457 g/mol. The number of urea groups is 1. The van der Waals surface area contributed by atoms with E-state index in [-0.39, 0.29) is 5.57 Å². The number of imide groups is 2. The summed E-state index contributed by atoms with van der Waals surface area (Å²) in [5.74, 6) is -1.86. The molecule has 0 spiro atoms. The number of aromatic nitrogens is 1. The van der Waals surface area contributed by atoms with Crippen LogP contribution in [0.3, 0.4) is 0 Å². The van der Waals surface area contributed by atoms with Gasteiger partial charge in [0, 0.05) is 17.1 Å². The lowest BCUT2D eigenvalue weighted by Crippen LogP contribution is -2.54. The largest absolute Gasteiger partial charge is 0.465 e. The van der Waals surface area contributed by atoms with Crippen molar-refractivity contribution < 1.29 is 23.9 Å². The first-order valence-electron chi connectivity index (χ1n) is 10.6. The summed E-state index contributed by atoms with van der Waals surface area (Å²) in [6.07, 6.45) is 1.49. The van der Waals surface area contributed by atoms with Gasteiger partial charge in [0.25, 0.3) is 11.8 Å². The van der Waals surface area contributed by atoms with E-state index < -0.39 is 23.8 Å². The first-order valence-corrected chi connectivity index (χ1v) is 10.6. The molecule has 1 fully saturated rings. The first-order chi connectivity index (χ1) is 16.2. The molecule has 1 saturated heterocycles. The zero-order valence-electron chi connectivity index (χ0n) is 19.2. The molecule has 0 bridgehead atoms. The van der Waals surface area contributed by atoms with Crippen LogP contribution in [-0.4, -0.2) is 35.5 Å². The van der Waals surface area contributed by atoms with Crippen molar-refractivity contribution in [3.05, 3.63) is 88.2 Å². The standard InChI is InChI=1S/C26H23N3O5/c1-15-6-5-7-21(12-15)29-24(31)22(23(30)27-26(29)33)14-19-13-16(2)28(17(19)3)20-10-8-18(9-11-20)25(32)34-4/h5-14H,1-4H3,(H,27,30,33)/b22-14+. The Kier molecular flexibility index (Phi) is 5.89. The highest BCUT2D eigenvalue weighted by Crippen LogP contribution is 2.26. The molecule has 0 atom stereocenters. The number of amides is 4. The third kappa shape index (κ3) is 4.01. The Labute approximate surface area is 196 Å². The number of methoxy groups -OCH3 is 1. The molecule has 0 unspecified atom stereocenters. The van der Waals surface area contributed by atoms with Gasteiger partial charge in [-0.2, -0.15) is 0 Å². The molecular weight excluding hydrogens is 434 g/mol. The average Bonchev–Trinajstić information content (AvgIpc) is 3.08. The number of nitrogens with one attached hydrogen (secondary N) is 1. The van der Waals surface area contributed by atoms with Gasteiger partial charge < -0.3 is 9.30 Å². The summed E-state index contributed by atoms with van der Waals surface area (Å²) in [4.78, 5) is 50.9. The summed E-state index contributed by atoms with van der Waals surface area (Å²) < 4.78 is 6.69. The van der Waals surface area contributed by atoms with Crippen LogP contribution in [-0.2, 0) is 14.3 Å². The molecule has 4 amide bonds. The Morgan fingerprint density at radius 3 is 2.29 bits per heavy atom. The van der Waals surface area contributed by atoms with Crippen LogP contribution in [0.4, 0.5) is 10.5 Å². The van der Waals surface area contributed by atoms with E-state index in [1.165, 1.54) is 13.2 Å². The molecule has 2 heterocycles. The van der Waals surface area contributed by atoms with E-state index in [1.807, 2.05) is 37.5 Å². The fourth-order valence-corrected chi connectivity index (χ4v) is 4.01. The predicted octanol–water partition coefficient (Wildman–Crippen LogP) is 3.86. The number of hydrogen-bond acceptors (Lipinski definition) is 5. The quantitative estimate of drug-likeness (QED) is 0.365. The highest BCUT2D eigenvalue weighted by Gasteiger charge is 2.37. The number of barbiturate groups is 1. The van der Waals surface area contributed by atoms with Crippen LogP contribution < -0.4 is 10.2 Å². The predicted molar refractivity (Wildman–Crippen MR) is 127 cm³/mol. The molecule has 8 nitrogen and oxygen atoms in total. The summed E-state index contributed by atoms with van der Waals surface area (Å²) in [7, 11) is 1.33. The van der Waals surface area contributed by atoms with Crippen LogP contribution in [0.2, 0.25) is 0 Å². The number of hydrogen-bond donors (Lipinski definition) is 1. The van der Waals surface area contributed by atoms with E-state index >= 15 is 0 Å². The summed E-state index contributed by atoms with van der Waals surface area (Å²) >= 11 is 0. The monoisotopic (exact) mass is 457 g/mol. The Hall–Kier alpha value is -4.46. The van der Waals surface area contributed by atoms with Gasteiger partial charge in [0.2, 0.25) is 0 Å². The minimum Gasteiger partial charge on any atom is -0.465 e. The van der Waals surface area contributed by atoms with Crippen LogP contribution in [0, 0.1) is 20.8 Å².